The van der Waals surface area contributed by atoms with Crippen LogP contribution in [0.15, 0.2) is 0 Å². The third-order valence-electron chi connectivity index (χ3n) is 6.83. The fourth-order valence-electron chi connectivity index (χ4n) is 4.56. The molecular formula is C37H86N2O2. The molecule has 41 heavy (non-hydrogen) atoms. The predicted octanol–water partition coefficient (Wildman–Crippen LogP) is 11.2. The quantitative estimate of drug-likeness (QED) is 0.307. The maximum Gasteiger partial charge on any atom is 0.0576 e. The zero-order chi connectivity index (χ0) is 32.9. The molecule has 0 aliphatic carbocycles. The lowest BCUT2D eigenvalue weighted by molar-refractivity contribution is -0.0362. The Morgan fingerprint density at radius 2 is 1.02 bits per heavy atom. The molecule has 4 saturated heterocycles. The number of nitrogens with zero attached hydrogens (tertiary/aromatic N) is 2. The van der Waals surface area contributed by atoms with Crippen LogP contribution < -0.4 is 0 Å². The summed E-state index contributed by atoms with van der Waals surface area (Å²) in [5.41, 5.74) is 0. The van der Waals surface area contributed by atoms with Gasteiger partial charge in [0.15, 0.2) is 0 Å². The van der Waals surface area contributed by atoms with E-state index in [0.29, 0.717) is 6.10 Å². The molecule has 0 aromatic rings. The Bertz CT molecular complexity index is 364. The summed E-state index contributed by atoms with van der Waals surface area (Å²) in [5, 5.41) is 0. The van der Waals surface area contributed by atoms with Crippen LogP contribution in [0, 0.1) is 17.8 Å². The van der Waals surface area contributed by atoms with E-state index in [-0.39, 0.29) is 0 Å². The Morgan fingerprint density at radius 3 is 1.24 bits per heavy atom. The van der Waals surface area contributed by atoms with Crippen LogP contribution in [0.5, 0.6) is 0 Å². The lowest BCUT2D eigenvalue weighted by atomic mass is 10.0. The van der Waals surface area contributed by atoms with Crippen LogP contribution in [0.3, 0.4) is 0 Å². The molecule has 4 aliphatic heterocycles. The smallest absolute Gasteiger partial charge is 0.0576 e. The van der Waals surface area contributed by atoms with Crippen molar-refractivity contribution in [3.8, 4) is 0 Å². The highest BCUT2D eigenvalue weighted by Gasteiger charge is 2.16. The molecule has 3 unspecified atom stereocenters. The predicted molar refractivity (Wildman–Crippen MR) is 192 cm³/mol. The average molecular weight is 591 g/mol. The summed E-state index contributed by atoms with van der Waals surface area (Å²) in [6.07, 6.45) is 14.0. The van der Waals surface area contributed by atoms with Crippen molar-refractivity contribution < 1.29 is 9.47 Å². The van der Waals surface area contributed by atoms with Crippen molar-refractivity contribution in [2.75, 3.05) is 60.1 Å². The molecule has 4 heteroatoms. The molecule has 0 N–H and O–H groups in total. The maximum absolute atomic E-state index is 5.46. The van der Waals surface area contributed by atoms with Crippen molar-refractivity contribution in [2.45, 2.75) is 167 Å². The molecule has 256 valence electrons. The average Bonchev–Trinajstić information content (AvgIpc) is 3.76. The molecule has 0 bridgehead atoms. The van der Waals surface area contributed by atoms with E-state index in [1.807, 2.05) is 69.2 Å². The van der Waals surface area contributed by atoms with E-state index in [0.717, 1.165) is 37.6 Å². The van der Waals surface area contributed by atoms with Gasteiger partial charge < -0.3 is 19.3 Å². The summed E-state index contributed by atoms with van der Waals surface area (Å²) < 4.78 is 10.5. The Hall–Kier alpha value is -0.160. The minimum Gasteiger partial charge on any atom is -0.381 e. The van der Waals surface area contributed by atoms with E-state index in [2.05, 4.69) is 51.6 Å². The third-order valence-corrected chi connectivity index (χ3v) is 6.83. The molecule has 4 rings (SSSR count). The molecule has 0 saturated carbocycles. The Labute approximate surface area is 264 Å². The highest BCUT2D eigenvalue weighted by Crippen LogP contribution is 2.17. The Balaban J connectivity index is -0.000000128. The number of unbranched alkanes of at least 4 members (excludes halogenated alkanes) is 2. The number of ether oxygens (including phenoxy) is 2. The van der Waals surface area contributed by atoms with Crippen LogP contribution in [0.4, 0.5) is 0 Å². The van der Waals surface area contributed by atoms with Crippen LogP contribution in [0.25, 0.3) is 0 Å². The largest absolute Gasteiger partial charge is 0.381 e. The van der Waals surface area contributed by atoms with Crippen molar-refractivity contribution in [3.05, 3.63) is 0 Å². The van der Waals surface area contributed by atoms with Gasteiger partial charge in [-0.15, -0.1) is 0 Å². The standard InChI is InChI=1S/C8H16O.C7H14O.2C6H13N.5C2H6/c1-2-3-5-8-6-4-7-9-8;1-2-3-4-7-5-8-6-7;2*1-6-3-4-7(2)5-6;5*1-2/h8H,2-7H2,1H3;7H,2-6H2,1H3;2*6H,3-5H2,1-2H3;5*1-2H3. The van der Waals surface area contributed by atoms with Gasteiger partial charge in [-0.2, -0.15) is 0 Å². The summed E-state index contributed by atoms with van der Waals surface area (Å²) in [6, 6.07) is 0. The van der Waals surface area contributed by atoms with Crippen LogP contribution >= 0.6 is 0 Å². The fraction of sp³-hybridized carbons (Fsp3) is 1.00. The normalized spacial score (nSPS) is 22.4. The van der Waals surface area contributed by atoms with Gasteiger partial charge in [0.1, 0.15) is 0 Å². The van der Waals surface area contributed by atoms with Gasteiger partial charge in [-0.1, -0.05) is 123 Å². The second-order valence-electron chi connectivity index (χ2n) is 10.6. The molecule has 0 aromatic heterocycles. The lowest BCUT2D eigenvalue weighted by Crippen LogP contribution is -2.26. The first kappa shape index (κ1) is 50.5. The first-order valence-corrected chi connectivity index (χ1v) is 18.5. The Morgan fingerprint density at radius 1 is 0.610 bits per heavy atom. The minimum atomic E-state index is 0.616. The van der Waals surface area contributed by atoms with Crippen LogP contribution in [-0.2, 0) is 9.47 Å². The van der Waals surface area contributed by atoms with Gasteiger partial charge in [-0.3, -0.25) is 0 Å². The minimum absolute atomic E-state index is 0.616. The number of hydrogen-bond donors (Lipinski definition) is 0. The van der Waals surface area contributed by atoms with Crippen molar-refractivity contribution in [1.29, 1.82) is 0 Å². The second kappa shape index (κ2) is 44.3. The molecule has 0 aromatic carbocycles. The summed E-state index contributed by atoms with van der Waals surface area (Å²) in [5.74, 6) is 2.81. The van der Waals surface area contributed by atoms with Crippen molar-refractivity contribution >= 4 is 0 Å². The van der Waals surface area contributed by atoms with Gasteiger partial charge in [0.25, 0.3) is 0 Å². The highest BCUT2D eigenvalue weighted by molar-refractivity contribution is 4.68. The topological polar surface area (TPSA) is 24.9 Å². The molecule has 4 aliphatic rings. The van der Waals surface area contributed by atoms with Gasteiger partial charge in [0, 0.05) is 25.6 Å². The first-order valence-electron chi connectivity index (χ1n) is 18.5. The van der Waals surface area contributed by atoms with E-state index in [1.54, 1.807) is 0 Å². The lowest BCUT2D eigenvalue weighted by Gasteiger charge is -2.25. The van der Waals surface area contributed by atoms with Crippen LogP contribution in [0.2, 0.25) is 0 Å². The number of hydrogen-bond acceptors (Lipinski definition) is 4. The molecule has 4 fully saturated rings. The van der Waals surface area contributed by atoms with Gasteiger partial charge >= 0.3 is 0 Å². The molecular weight excluding hydrogens is 504 g/mol. The van der Waals surface area contributed by atoms with E-state index in [4.69, 9.17) is 9.47 Å². The fourth-order valence-corrected chi connectivity index (χ4v) is 4.56. The number of rotatable bonds is 6. The summed E-state index contributed by atoms with van der Waals surface area (Å²) >= 11 is 0. The second-order valence-corrected chi connectivity index (χ2v) is 10.6. The zero-order valence-electron chi connectivity index (χ0n) is 32.0. The first-order chi connectivity index (χ1) is 19.9. The highest BCUT2D eigenvalue weighted by atomic mass is 16.5. The molecule has 0 amide bonds. The van der Waals surface area contributed by atoms with Gasteiger partial charge in [-0.25, -0.2) is 0 Å². The zero-order valence-corrected chi connectivity index (χ0v) is 32.0. The van der Waals surface area contributed by atoms with Gasteiger partial charge in [-0.05, 0) is 77.5 Å². The monoisotopic (exact) mass is 591 g/mol. The SMILES string of the molecule is CC.CC.CC.CC.CC.CC1CCN(C)C1.CC1CCN(C)C1.CCCCC1CCCO1.CCCCC1COC1. The summed E-state index contributed by atoms with van der Waals surface area (Å²) in [7, 11) is 4.37. The molecule has 0 radical (unpaired) electrons. The maximum atomic E-state index is 5.46. The van der Waals surface area contributed by atoms with Gasteiger partial charge in [0.05, 0.1) is 19.3 Å². The summed E-state index contributed by atoms with van der Waals surface area (Å²) in [6.45, 7) is 37.4. The van der Waals surface area contributed by atoms with Crippen molar-refractivity contribution in [1.82, 2.24) is 9.80 Å². The van der Waals surface area contributed by atoms with Crippen molar-refractivity contribution in [2.24, 2.45) is 17.8 Å². The van der Waals surface area contributed by atoms with E-state index >= 15 is 0 Å². The van der Waals surface area contributed by atoms with Gasteiger partial charge in [0.2, 0.25) is 0 Å². The number of likely N-dealkylation sites (tertiary alicyclic amines) is 2. The van der Waals surface area contributed by atoms with E-state index < -0.39 is 0 Å². The Kier molecular flexibility index (Phi) is 54.5. The van der Waals surface area contributed by atoms with Crippen LogP contribution in [-0.4, -0.2) is 76.0 Å². The third kappa shape index (κ3) is 37.8. The molecule has 3 atom stereocenters. The van der Waals surface area contributed by atoms with E-state index in [1.165, 1.54) is 90.4 Å². The van der Waals surface area contributed by atoms with Crippen molar-refractivity contribution in [3.63, 3.8) is 0 Å². The van der Waals surface area contributed by atoms with E-state index in [9.17, 15) is 0 Å². The molecule has 4 heterocycles. The molecule has 4 nitrogen and oxygen atoms in total. The van der Waals surface area contributed by atoms with Crippen LogP contribution in [0.1, 0.15) is 161 Å². The summed E-state index contributed by atoms with van der Waals surface area (Å²) in [4.78, 5) is 4.76. The molecule has 0 spiro atoms.